The maximum atomic E-state index is 11.0. The molecule has 0 amide bonds. The molecule has 16 nitrogen and oxygen atoms in total. The number of aliphatic hydroxyl groups is 4. The zero-order valence-electron chi connectivity index (χ0n) is 19.6. The summed E-state index contributed by atoms with van der Waals surface area (Å²) in [5.41, 5.74) is 10.5. The van der Waals surface area contributed by atoms with Crippen LogP contribution < -0.4 is 91.4 Å². The van der Waals surface area contributed by atoms with Crippen molar-refractivity contribution in [2.24, 2.45) is 11.5 Å². The van der Waals surface area contributed by atoms with Gasteiger partial charge in [-0.3, -0.25) is 9.59 Å². The van der Waals surface area contributed by atoms with Crippen LogP contribution in [0.4, 0.5) is 0 Å². The van der Waals surface area contributed by atoms with Gasteiger partial charge in [0, 0.05) is 63.8 Å². The summed E-state index contributed by atoms with van der Waals surface area (Å²) in [5, 5.41) is 60.3. The van der Waals surface area contributed by atoms with Crippen molar-refractivity contribution in [1.82, 2.24) is 10.6 Å². The quantitative estimate of drug-likeness (QED) is 0.0604. The fourth-order valence-electron chi connectivity index (χ4n) is 1.84. The molecule has 2 unspecified atom stereocenters. The Morgan fingerprint density at radius 3 is 1.21 bits per heavy atom. The minimum absolute atomic E-state index is 0. The van der Waals surface area contributed by atoms with E-state index in [0.29, 0.717) is 0 Å². The molecule has 0 saturated heterocycles. The van der Waals surface area contributed by atoms with E-state index in [4.69, 9.17) is 31.9 Å². The minimum Gasteiger partial charge on any atom is -0.550 e. The summed E-state index contributed by atoms with van der Waals surface area (Å²) < 4.78 is 8.29. The zero-order valence-corrected chi connectivity index (χ0v) is 23.6. The summed E-state index contributed by atoms with van der Waals surface area (Å²) in [5.74, 6) is -9.58. The van der Waals surface area contributed by atoms with Gasteiger partial charge in [0.05, 0.1) is 13.1 Å². The SMILES string of the molecule is CC(O)(O)OC(=O)CNC(CN)CC(=O)[O-].CC(O)(O)OC(=O)CNC(CN)CC(=O)[O-].[Na+].[Na+]. The third-order valence-electron chi connectivity index (χ3n) is 3.08. The van der Waals surface area contributed by atoms with E-state index >= 15 is 0 Å². The van der Waals surface area contributed by atoms with Gasteiger partial charge >= 0.3 is 83.0 Å². The molecule has 0 aliphatic carbocycles. The molecule has 0 aliphatic rings. The third kappa shape index (κ3) is 29.6. The molecule has 0 rings (SSSR count). The Balaban J connectivity index is -0.000000250. The molecule has 0 aromatic carbocycles. The van der Waals surface area contributed by atoms with Crippen molar-refractivity contribution in [3.63, 3.8) is 0 Å². The van der Waals surface area contributed by atoms with E-state index in [9.17, 15) is 29.4 Å². The number of aliphatic carboxylic acids is 2. The predicted octanol–water partition coefficient (Wildman–Crippen LogP) is -13.5. The van der Waals surface area contributed by atoms with Gasteiger partial charge in [-0.1, -0.05) is 0 Å². The van der Waals surface area contributed by atoms with Crippen LogP contribution in [0, 0.1) is 0 Å². The molecule has 0 aromatic heterocycles. The Hall–Kier alpha value is -0.440. The molecule has 0 saturated carbocycles. The number of carbonyl (C=O) groups is 4. The van der Waals surface area contributed by atoms with Crippen molar-refractivity contribution in [2.75, 3.05) is 26.2 Å². The molecule has 0 bridgehead atoms. The first-order chi connectivity index (χ1) is 14.5. The van der Waals surface area contributed by atoms with Crippen LogP contribution in [0.2, 0.25) is 0 Å². The average Bonchev–Trinajstić information content (AvgIpc) is 2.59. The number of nitrogens with one attached hydrogen (secondary N) is 2. The van der Waals surface area contributed by atoms with Crippen molar-refractivity contribution in [1.29, 1.82) is 0 Å². The molecular formula is C16H30N4Na2O12. The third-order valence-corrected chi connectivity index (χ3v) is 3.08. The molecule has 2 atom stereocenters. The van der Waals surface area contributed by atoms with Crippen molar-refractivity contribution in [3.8, 4) is 0 Å². The normalized spacial score (nSPS) is 12.5. The van der Waals surface area contributed by atoms with Crippen molar-refractivity contribution < 1.29 is 118 Å². The average molecular weight is 516 g/mol. The fraction of sp³-hybridized carbons (Fsp3) is 0.750. The van der Waals surface area contributed by atoms with E-state index in [-0.39, 0.29) is 98.1 Å². The second-order valence-corrected chi connectivity index (χ2v) is 6.60. The predicted molar refractivity (Wildman–Crippen MR) is 98.8 cm³/mol. The van der Waals surface area contributed by atoms with Gasteiger partial charge in [-0.15, -0.1) is 0 Å². The van der Waals surface area contributed by atoms with Crippen LogP contribution in [-0.2, 0) is 28.7 Å². The van der Waals surface area contributed by atoms with Crippen LogP contribution in [0.3, 0.4) is 0 Å². The summed E-state index contributed by atoms with van der Waals surface area (Å²) in [6, 6.07) is -1.28. The first kappa shape index (κ1) is 40.7. The van der Waals surface area contributed by atoms with E-state index in [0.717, 1.165) is 13.8 Å². The number of hydrogen-bond acceptors (Lipinski definition) is 16. The summed E-state index contributed by atoms with van der Waals surface area (Å²) in [6.07, 6.45) is -0.696. The van der Waals surface area contributed by atoms with Gasteiger partial charge in [0.2, 0.25) is 0 Å². The molecule has 0 aromatic rings. The first-order valence-corrected chi connectivity index (χ1v) is 9.08. The monoisotopic (exact) mass is 516 g/mol. The van der Waals surface area contributed by atoms with Crippen LogP contribution in [0.25, 0.3) is 0 Å². The van der Waals surface area contributed by atoms with Gasteiger partial charge in [0.25, 0.3) is 0 Å². The molecule has 188 valence electrons. The van der Waals surface area contributed by atoms with Crippen molar-refractivity contribution in [2.45, 2.75) is 50.7 Å². The molecule has 0 fully saturated rings. The van der Waals surface area contributed by atoms with Gasteiger partial charge in [-0.05, 0) is 0 Å². The van der Waals surface area contributed by atoms with Crippen LogP contribution in [-0.4, -0.2) is 94.5 Å². The molecule has 0 radical (unpaired) electrons. The van der Waals surface area contributed by atoms with Gasteiger partial charge < -0.3 is 71.8 Å². The Morgan fingerprint density at radius 2 is 1.03 bits per heavy atom. The van der Waals surface area contributed by atoms with E-state index in [1.807, 2.05) is 0 Å². The molecule has 0 spiro atoms. The largest absolute Gasteiger partial charge is 1.00 e. The number of rotatable bonds is 14. The number of ether oxygens (including phenoxy) is 2. The molecule has 34 heavy (non-hydrogen) atoms. The molecule has 0 heterocycles. The van der Waals surface area contributed by atoms with Gasteiger partial charge in [0.15, 0.2) is 0 Å². The molecule has 10 N–H and O–H groups in total. The summed E-state index contributed by atoms with van der Waals surface area (Å²) in [6.45, 7) is 0.963. The number of nitrogens with two attached hydrogens (primary N) is 2. The van der Waals surface area contributed by atoms with Crippen LogP contribution >= 0.6 is 0 Å². The molecular weight excluding hydrogens is 486 g/mol. The van der Waals surface area contributed by atoms with Crippen LogP contribution in [0.15, 0.2) is 0 Å². The van der Waals surface area contributed by atoms with Crippen LogP contribution in [0.5, 0.6) is 0 Å². The molecule has 0 aliphatic heterocycles. The Kier molecular flexibility index (Phi) is 24.8. The number of carbonyl (C=O) groups excluding carboxylic acids is 4. The Labute approximate surface area is 239 Å². The van der Waals surface area contributed by atoms with Gasteiger partial charge in [0.1, 0.15) is 0 Å². The summed E-state index contributed by atoms with van der Waals surface area (Å²) in [7, 11) is 0. The minimum atomic E-state index is -2.55. The first-order valence-electron chi connectivity index (χ1n) is 9.08. The smallest absolute Gasteiger partial charge is 0.550 e. The van der Waals surface area contributed by atoms with Gasteiger partial charge in [-0.25, -0.2) is 0 Å². The van der Waals surface area contributed by atoms with E-state index in [2.05, 4.69) is 20.1 Å². The second kappa shape index (κ2) is 20.7. The van der Waals surface area contributed by atoms with Crippen LogP contribution in [0.1, 0.15) is 26.7 Å². The van der Waals surface area contributed by atoms with E-state index in [1.54, 1.807) is 0 Å². The standard InChI is InChI=1S/2C8H16N2O6.2Na/c2*1-8(14,15)16-7(13)4-10-5(3-9)2-6(11)12;;/h2*5,10,14-15H,2-4,9H2,1H3,(H,11,12);;/q;;2*+1/p-2. The Bertz CT molecular complexity index is 562. The second-order valence-electron chi connectivity index (χ2n) is 6.60. The number of carboxylic acids is 2. The fourth-order valence-corrected chi connectivity index (χ4v) is 1.84. The number of esters is 2. The van der Waals surface area contributed by atoms with Crippen molar-refractivity contribution >= 4 is 23.9 Å². The van der Waals surface area contributed by atoms with E-state index in [1.165, 1.54) is 0 Å². The van der Waals surface area contributed by atoms with Gasteiger partial charge in [-0.2, -0.15) is 0 Å². The summed E-state index contributed by atoms with van der Waals surface area (Å²) in [4.78, 5) is 42.4. The zero-order chi connectivity index (χ0) is 25.5. The van der Waals surface area contributed by atoms with E-state index < -0.39 is 47.9 Å². The molecule has 18 heteroatoms. The summed E-state index contributed by atoms with van der Waals surface area (Å²) >= 11 is 0. The number of carboxylic acid groups (broad SMARTS) is 2. The number of hydrogen-bond donors (Lipinski definition) is 8. The van der Waals surface area contributed by atoms with Crippen molar-refractivity contribution in [3.05, 3.63) is 0 Å². The maximum Gasteiger partial charge on any atom is 1.00 e. The maximum absolute atomic E-state index is 11.0. The Morgan fingerprint density at radius 1 is 0.765 bits per heavy atom. The topological polar surface area (TPSA) is 290 Å².